The minimum absolute atomic E-state index is 0.0767. The molecule has 0 saturated heterocycles. The highest BCUT2D eigenvalue weighted by Crippen LogP contribution is 2.13. The van der Waals surface area contributed by atoms with E-state index in [9.17, 15) is 4.79 Å². The summed E-state index contributed by atoms with van der Waals surface area (Å²) in [4.78, 5) is 12.1. The molecule has 0 aliphatic carbocycles. The van der Waals surface area contributed by atoms with Gasteiger partial charge in [0, 0.05) is 18.3 Å². The molecule has 0 fully saturated rings. The molecule has 16 heavy (non-hydrogen) atoms. The first-order valence-corrected chi connectivity index (χ1v) is 6.88. The van der Waals surface area contributed by atoms with E-state index in [-0.39, 0.29) is 5.78 Å². The molecule has 0 radical (unpaired) electrons. The Morgan fingerprint density at radius 3 is 1.31 bits per heavy atom. The molecule has 0 aliphatic rings. The van der Waals surface area contributed by atoms with Crippen molar-refractivity contribution in [2.45, 2.75) is 0 Å². The zero-order valence-corrected chi connectivity index (χ0v) is 12.6. The molecule has 0 aromatic heterocycles. The zero-order valence-electron chi connectivity index (χ0n) is 8.28. The predicted molar refractivity (Wildman–Crippen MR) is 81.8 cm³/mol. The number of benzene rings is 2. The van der Waals surface area contributed by atoms with Crippen LogP contribution in [0.15, 0.2) is 48.5 Å². The minimum atomic E-state index is 0.0767. The Bertz CT molecular complexity index is 453. The van der Waals surface area contributed by atoms with Gasteiger partial charge in [-0.1, -0.05) is 0 Å². The quantitative estimate of drug-likeness (QED) is 0.514. The number of rotatable bonds is 2. The van der Waals surface area contributed by atoms with Crippen LogP contribution in [0.5, 0.6) is 0 Å². The van der Waals surface area contributed by atoms with Crippen molar-refractivity contribution in [1.82, 2.24) is 0 Å². The number of ketones is 1. The van der Waals surface area contributed by atoms with Crippen LogP contribution < -0.4 is 0 Å². The van der Waals surface area contributed by atoms with Crippen LogP contribution in [0.1, 0.15) is 15.9 Å². The Labute approximate surface area is 122 Å². The topological polar surface area (TPSA) is 17.1 Å². The third kappa shape index (κ3) is 2.82. The van der Waals surface area contributed by atoms with Crippen molar-refractivity contribution in [2.24, 2.45) is 0 Å². The first-order valence-electron chi connectivity index (χ1n) is 4.72. The predicted octanol–water partition coefficient (Wildman–Crippen LogP) is 4.13. The number of hydrogen-bond donors (Lipinski definition) is 0. The molecular weight excluding hydrogens is 426 g/mol. The van der Waals surface area contributed by atoms with Gasteiger partial charge in [0.25, 0.3) is 0 Å². The Morgan fingerprint density at radius 2 is 1.00 bits per heavy atom. The van der Waals surface area contributed by atoms with Crippen LogP contribution in [0.4, 0.5) is 0 Å². The molecule has 2 aromatic rings. The number of hydrogen-bond acceptors (Lipinski definition) is 1. The molecule has 80 valence electrons. The Balaban J connectivity index is 2.32. The van der Waals surface area contributed by atoms with Crippen LogP contribution in [0.3, 0.4) is 0 Å². The maximum absolute atomic E-state index is 12.1. The highest BCUT2D eigenvalue weighted by atomic mass is 127. The van der Waals surface area contributed by atoms with Gasteiger partial charge in [0.05, 0.1) is 0 Å². The molecule has 2 aromatic carbocycles. The summed E-state index contributed by atoms with van der Waals surface area (Å²) >= 11 is 4.45. The van der Waals surface area contributed by atoms with Gasteiger partial charge in [0.2, 0.25) is 0 Å². The van der Waals surface area contributed by atoms with E-state index in [4.69, 9.17) is 0 Å². The normalized spacial score (nSPS) is 10.1. The lowest BCUT2D eigenvalue weighted by atomic mass is 10.0. The molecule has 3 heteroatoms. The summed E-state index contributed by atoms with van der Waals surface area (Å²) in [6, 6.07) is 15.2. The van der Waals surface area contributed by atoms with Crippen molar-refractivity contribution in [1.29, 1.82) is 0 Å². The molecule has 1 nitrogen and oxygen atoms in total. The zero-order chi connectivity index (χ0) is 11.5. The van der Waals surface area contributed by atoms with Gasteiger partial charge >= 0.3 is 0 Å². The molecule has 0 amide bonds. The second-order valence-electron chi connectivity index (χ2n) is 3.34. The van der Waals surface area contributed by atoms with Gasteiger partial charge < -0.3 is 0 Å². The average Bonchev–Trinajstić information content (AvgIpc) is 2.30. The van der Waals surface area contributed by atoms with E-state index in [1.165, 1.54) is 0 Å². The Kier molecular flexibility index (Phi) is 3.96. The third-order valence-electron chi connectivity index (χ3n) is 2.21. The van der Waals surface area contributed by atoms with Gasteiger partial charge in [-0.3, -0.25) is 4.79 Å². The van der Waals surface area contributed by atoms with Gasteiger partial charge in [0.1, 0.15) is 0 Å². The van der Waals surface area contributed by atoms with E-state index >= 15 is 0 Å². The van der Waals surface area contributed by atoms with Crippen molar-refractivity contribution in [3.05, 3.63) is 66.8 Å². The van der Waals surface area contributed by atoms with Gasteiger partial charge in [-0.2, -0.15) is 0 Å². The van der Waals surface area contributed by atoms with Crippen molar-refractivity contribution < 1.29 is 4.79 Å². The number of carbonyl (C=O) groups excluding carboxylic acids is 1. The molecule has 0 unspecified atom stereocenters. The molecule has 0 saturated carbocycles. The second kappa shape index (κ2) is 5.27. The van der Waals surface area contributed by atoms with Gasteiger partial charge in [-0.05, 0) is 93.7 Å². The summed E-state index contributed by atoms with van der Waals surface area (Å²) in [5.41, 5.74) is 1.48. The molecular formula is C13H8I2O. The molecule has 0 bridgehead atoms. The summed E-state index contributed by atoms with van der Waals surface area (Å²) < 4.78 is 2.27. The van der Waals surface area contributed by atoms with Crippen molar-refractivity contribution in [2.75, 3.05) is 0 Å². The molecule has 2 rings (SSSR count). The largest absolute Gasteiger partial charge is 0.289 e. The van der Waals surface area contributed by atoms with E-state index in [1.54, 1.807) is 0 Å². The van der Waals surface area contributed by atoms with Gasteiger partial charge in [-0.25, -0.2) is 0 Å². The summed E-state index contributed by atoms with van der Waals surface area (Å²) in [7, 11) is 0. The van der Waals surface area contributed by atoms with E-state index in [2.05, 4.69) is 45.2 Å². The maximum atomic E-state index is 12.1. The smallest absolute Gasteiger partial charge is 0.193 e. The summed E-state index contributed by atoms with van der Waals surface area (Å²) in [5.74, 6) is 0.0767. The lowest BCUT2D eigenvalue weighted by Gasteiger charge is -2.01. The van der Waals surface area contributed by atoms with Crippen molar-refractivity contribution >= 4 is 51.0 Å². The Hall–Kier alpha value is -0.430. The van der Waals surface area contributed by atoms with E-state index < -0.39 is 0 Å². The summed E-state index contributed by atoms with van der Waals surface area (Å²) in [5, 5.41) is 0. The number of halogens is 2. The highest BCUT2D eigenvalue weighted by Gasteiger charge is 2.07. The monoisotopic (exact) mass is 434 g/mol. The van der Waals surface area contributed by atoms with Crippen LogP contribution in [0.25, 0.3) is 0 Å². The molecule has 0 atom stereocenters. The van der Waals surface area contributed by atoms with E-state index in [1.807, 2.05) is 48.5 Å². The van der Waals surface area contributed by atoms with Crippen LogP contribution in [-0.4, -0.2) is 5.78 Å². The molecule has 0 aliphatic heterocycles. The third-order valence-corrected chi connectivity index (χ3v) is 3.65. The SMILES string of the molecule is O=C(c1ccc(I)cc1)c1ccc(I)cc1. The highest BCUT2D eigenvalue weighted by molar-refractivity contribution is 14.1. The van der Waals surface area contributed by atoms with E-state index in [0.717, 1.165) is 18.3 Å². The first-order chi connectivity index (χ1) is 7.66. The van der Waals surface area contributed by atoms with Crippen LogP contribution in [0, 0.1) is 7.14 Å². The van der Waals surface area contributed by atoms with Crippen LogP contribution >= 0.6 is 45.2 Å². The van der Waals surface area contributed by atoms with Crippen molar-refractivity contribution in [3.63, 3.8) is 0 Å². The lowest BCUT2D eigenvalue weighted by Crippen LogP contribution is -2.00. The van der Waals surface area contributed by atoms with Gasteiger partial charge in [-0.15, -0.1) is 0 Å². The summed E-state index contributed by atoms with van der Waals surface area (Å²) in [6.07, 6.45) is 0. The average molecular weight is 434 g/mol. The first kappa shape index (κ1) is 12.0. The van der Waals surface area contributed by atoms with E-state index in [0.29, 0.717) is 0 Å². The summed E-state index contributed by atoms with van der Waals surface area (Å²) in [6.45, 7) is 0. The lowest BCUT2D eigenvalue weighted by molar-refractivity contribution is 0.103. The number of carbonyl (C=O) groups is 1. The fourth-order valence-corrected chi connectivity index (χ4v) is 2.09. The van der Waals surface area contributed by atoms with Crippen LogP contribution in [0.2, 0.25) is 0 Å². The molecule has 0 spiro atoms. The molecule has 0 N–H and O–H groups in total. The molecule has 0 heterocycles. The van der Waals surface area contributed by atoms with Gasteiger partial charge in [0.15, 0.2) is 5.78 Å². The minimum Gasteiger partial charge on any atom is -0.289 e. The second-order valence-corrected chi connectivity index (χ2v) is 5.83. The Morgan fingerprint density at radius 1 is 0.688 bits per heavy atom. The standard InChI is InChI=1S/C13H8I2O/c14-11-5-1-9(2-6-11)13(16)10-3-7-12(15)8-4-10/h1-8H. The maximum Gasteiger partial charge on any atom is 0.193 e. The fourth-order valence-electron chi connectivity index (χ4n) is 1.37. The van der Waals surface area contributed by atoms with Crippen LogP contribution in [-0.2, 0) is 0 Å². The fraction of sp³-hybridized carbons (Fsp3) is 0. The van der Waals surface area contributed by atoms with Crippen molar-refractivity contribution in [3.8, 4) is 0 Å².